The van der Waals surface area contributed by atoms with E-state index in [0.29, 0.717) is 0 Å². The Kier molecular flexibility index (Phi) is 4.20. The summed E-state index contributed by atoms with van der Waals surface area (Å²) < 4.78 is 50.7. The number of nitrogen functional groups attached to an aromatic ring is 1. The van der Waals surface area contributed by atoms with E-state index in [2.05, 4.69) is 10.9 Å². The Morgan fingerprint density at radius 3 is 2.23 bits per heavy atom. The van der Waals surface area contributed by atoms with Crippen molar-refractivity contribution in [3.05, 3.63) is 59.4 Å². The summed E-state index contributed by atoms with van der Waals surface area (Å²) in [5, 5.41) is 0. The maximum atomic E-state index is 13.5. The van der Waals surface area contributed by atoms with Crippen LogP contribution in [0.5, 0.6) is 0 Å². The number of anilines is 2. The second-order valence-corrected chi connectivity index (χ2v) is 4.36. The molecule has 2 rings (SSSR count). The molecule has 0 aromatic heterocycles. The third-order valence-electron chi connectivity index (χ3n) is 2.81. The number of hydrazine groups is 1. The molecule has 116 valence electrons. The molecule has 0 saturated heterocycles. The molecular weight excluding hydrogens is 302 g/mol. The number of carbonyl (C=O) groups is 1. The molecular formula is C14H11F4N3O. The highest BCUT2D eigenvalue weighted by Gasteiger charge is 2.29. The molecule has 0 aliphatic rings. The zero-order chi connectivity index (χ0) is 16.3. The first-order chi connectivity index (χ1) is 10.3. The Hall–Kier alpha value is -2.77. The van der Waals surface area contributed by atoms with Crippen molar-refractivity contribution < 1.29 is 22.4 Å². The van der Waals surface area contributed by atoms with Gasteiger partial charge in [0.15, 0.2) is 0 Å². The van der Waals surface area contributed by atoms with Crippen molar-refractivity contribution in [1.29, 1.82) is 0 Å². The zero-order valence-electron chi connectivity index (χ0n) is 11.0. The molecule has 4 nitrogen and oxygen atoms in total. The molecule has 0 unspecified atom stereocenters. The molecule has 2 aromatic rings. The van der Waals surface area contributed by atoms with Crippen LogP contribution in [0.4, 0.5) is 28.9 Å². The Labute approximate surface area is 122 Å². The summed E-state index contributed by atoms with van der Waals surface area (Å²) in [5.41, 5.74) is 9.05. The van der Waals surface area contributed by atoms with Crippen molar-refractivity contribution in [1.82, 2.24) is 5.43 Å². The molecule has 1 amide bonds. The smallest absolute Gasteiger partial charge is 0.398 e. The van der Waals surface area contributed by atoms with Crippen LogP contribution >= 0.6 is 0 Å². The second-order valence-electron chi connectivity index (χ2n) is 4.36. The lowest BCUT2D eigenvalue weighted by molar-refractivity contribution is -0.137. The molecule has 0 spiro atoms. The van der Waals surface area contributed by atoms with Crippen molar-refractivity contribution in [2.24, 2.45) is 0 Å². The Morgan fingerprint density at radius 2 is 1.68 bits per heavy atom. The van der Waals surface area contributed by atoms with E-state index >= 15 is 0 Å². The highest BCUT2D eigenvalue weighted by atomic mass is 19.4. The third-order valence-corrected chi connectivity index (χ3v) is 2.81. The van der Waals surface area contributed by atoms with Gasteiger partial charge in [0.2, 0.25) is 0 Å². The average Bonchev–Trinajstić information content (AvgIpc) is 2.44. The summed E-state index contributed by atoms with van der Waals surface area (Å²) in [7, 11) is 0. The number of nitrogens with two attached hydrogens (primary N) is 1. The van der Waals surface area contributed by atoms with Crippen LogP contribution in [0.15, 0.2) is 42.5 Å². The van der Waals surface area contributed by atoms with Crippen molar-refractivity contribution in [3.8, 4) is 0 Å². The van der Waals surface area contributed by atoms with Gasteiger partial charge >= 0.3 is 6.18 Å². The van der Waals surface area contributed by atoms with Gasteiger partial charge in [-0.1, -0.05) is 6.07 Å². The lowest BCUT2D eigenvalue weighted by Gasteiger charge is -2.12. The van der Waals surface area contributed by atoms with Gasteiger partial charge in [-0.05, 0) is 36.4 Å². The van der Waals surface area contributed by atoms with Crippen molar-refractivity contribution >= 4 is 17.3 Å². The van der Waals surface area contributed by atoms with Crippen molar-refractivity contribution in [3.63, 3.8) is 0 Å². The predicted octanol–water partition coefficient (Wildman–Crippen LogP) is 3.18. The Balaban J connectivity index is 2.06. The van der Waals surface area contributed by atoms with Gasteiger partial charge in [-0.15, -0.1) is 0 Å². The highest BCUT2D eigenvalue weighted by Crippen LogP contribution is 2.29. The number of nitrogens with one attached hydrogen (secondary N) is 2. The molecule has 0 radical (unpaired) electrons. The number of benzene rings is 2. The zero-order valence-corrected chi connectivity index (χ0v) is 11.0. The minimum atomic E-state index is -4.44. The number of alkyl halides is 3. The fourth-order valence-electron chi connectivity index (χ4n) is 1.71. The largest absolute Gasteiger partial charge is 0.416 e. The summed E-state index contributed by atoms with van der Waals surface area (Å²) >= 11 is 0. The molecule has 22 heavy (non-hydrogen) atoms. The lowest BCUT2D eigenvalue weighted by Crippen LogP contribution is -2.30. The topological polar surface area (TPSA) is 67.2 Å². The van der Waals surface area contributed by atoms with Crippen LogP contribution in [-0.2, 0) is 6.18 Å². The fourth-order valence-corrected chi connectivity index (χ4v) is 1.71. The number of rotatable bonds is 3. The highest BCUT2D eigenvalue weighted by molar-refractivity contribution is 5.99. The van der Waals surface area contributed by atoms with Crippen molar-refractivity contribution in [2.45, 2.75) is 6.18 Å². The van der Waals surface area contributed by atoms with Crippen LogP contribution in [0.2, 0.25) is 0 Å². The molecule has 4 N–H and O–H groups in total. The minimum absolute atomic E-state index is 0.0493. The molecule has 0 atom stereocenters. The van der Waals surface area contributed by atoms with E-state index in [-0.39, 0.29) is 16.9 Å². The molecule has 0 heterocycles. The molecule has 0 aliphatic carbocycles. The van der Waals surface area contributed by atoms with Crippen LogP contribution in [-0.4, -0.2) is 5.91 Å². The molecule has 2 aromatic carbocycles. The van der Waals surface area contributed by atoms with Crippen LogP contribution in [0.1, 0.15) is 15.9 Å². The van der Waals surface area contributed by atoms with E-state index < -0.39 is 23.5 Å². The molecule has 0 bridgehead atoms. The third kappa shape index (κ3) is 3.46. The Bertz CT molecular complexity index is 663. The summed E-state index contributed by atoms with van der Waals surface area (Å²) in [5.74, 6) is -1.64. The van der Waals surface area contributed by atoms with Gasteiger partial charge in [-0.2, -0.15) is 13.2 Å². The van der Waals surface area contributed by atoms with Gasteiger partial charge in [0, 0.05) is 5.69 Å². The lowest BCUT2D eigenvalue weighted by atomic mass is 10.1. The van der Waals surface area contributed by atoms with E-state index in [1.54, 1.807) is 0 Å². The van der Waals surface area contributed by atoms with Gasteiger partial charge < -0.3 is 5.73 Å². The normalized spacial score (nSPS) is 11.1. The van der Waals surface area contributed by atoms with Crippen molar-refractivity contribution in [2.75, 3.05) is 11.2 Å². The van der Waals surface area contributed by atoms with E-state index in [1.807, 2.05) is 0 Å². The monoisotopic (exact) mass is 313 g/mol. The van der Waals surface area contributed by atoms with Gasteiger partial charge in [0.1, 0.15) is 5.82 Å². The molecule has 0 aliphatic heterocycles. The summed E-state index contributed by atoms with van der Waals surface area (Å²) in [4.78, 5) is 11.8. The number of hydrogen-bond donors (Lipinski definition) is 3. The maximum Gasteiger partial charge on any atom is 0.416 e. The van der Waals surface area contributed by atoms with Crippen LogP contribution < -0.4 is 16.6 Å². The van der Waals surface area contributed by atoms with Gasteiger partial charge in [-0.3, -0.25) is 15.6 Å². The minimum Gasteiger partial charge on any atom is -0.398 e. The molecule has 0 fully saturated rings. The number of amides is 1. The van der Waals surface area contributed by atoms with Gasteiger partial charge in [0.25, 0.3) is 5.91 Å². The number of carbonyl (C=O) groups excluding carboxylic acids is 1. The maximum absolute atomic E-state index is 13.5. The predicted molar refractivity (Wildman–Crippen MR) is 73.3 cm³/mol. The van der Waals surface area contributed by atoms with Gasteiger partial charge in [-0.25, -0.2) is 4.39 Å². The molecule has 8 heteroatoms. The summed E-state index contributed by atoms with van der Waals surface area (Å²) in [6.07, 6.45) is -4.44. The van der Waals surface area contributed by atoms with Crippen LogP contribution in [0, 0.1) is 5.82 Å². The standard InChI is InChI=1S/C14H11F4N3O/c15-10-2-1-3-11(19)12(10)13(22)21-20-9-6-4-8(5-7-9)14(16,17)18/h1-7,20H,19H2,(H,21,22). The van der Waals surface area contributed by atoms with E-state index in [9.17, 15) is 22.4 Å². The quantitative estimate of drug-likeness (QED) is 0.463. The summed E-state index contributed by atoms with van der Waals surface area (Å²) in [6, 6.07) is 7.75. The fraction of sp³-hybridized carbons (Fsp3) is 0.0714. The van der Waals surface area contributed by atoms with E-state index in [4.69, 9.17) is 5.73 Å². The van der Waals surface area contributed by atoms with Crippen LogP contribution in [0.25, 0.3) is 0 Å². The average molecular weight is 313 g/mol. The second kappa shape index (κ2) is 5.92. The molecule has 0 saturated carbocycles. The van der Waals surface area contributed by atoms with Crippen LogP contribution in [0.3, 0.4) is 0 Å². The number of halogens is 4. The first-order valence-corrected chi connectivity index (χ1v) is 6.06. The van der Waals surface area contributed by atoms with E-state index in [1.165, 1.54) is 12.1 Å². The first-order valence-electron chi connectivity index (χ1n) is 6.06. The SMILES string of the molecule is Nc1cccc(F)c1C(=O)NNc1ccc(C(F)(F)F)cc1. The Morgan fingerprint density at radius 1 is 1.05 bits per heavy atom. The first kappa shape index (κ1) is 15.6. The number of hydrogen-bond acceptors (Lipinski definition) is 3. The summed E-state index contributed by atoms with van der Waals surface area (Å²) in [6.45, 7) is 0. The van der Waals surface area contributed by atoms with Gasteiger partial charge in [0.05, 0.1) is 16.8 Å². The van der Waals surface area contributed by atoms with E-state index in [0.717, 1.165) is 30.3 Å².